The summed E-state index contributed by atoms with van der Waals surface area (Å²) in [5.41, 5.74) is -0.0826. The van der Waals surface area contributed by atoms with Gasteiger partial charge in [0.1, 0.15) is 5.69 Å². The van der Waals surface area contributed by atoms with Gasteiger partial charge in [-0.2, -0.15) is 17.9 Å². The molecular formula is C10H10F3N5O3. The molecule has 0 aliphatic carbocycles. The Kier molecular flexibility index (Phi) is 3.93. The van der Waals surface area contributed by atoms with Crippen molar-refractivity contribution in [1.29, 1.82) is 0 Å². The number of pyridine rings is 1. The predicted octanol–water partition coefficient (Wildman–Crippen LogP) is 0.586. The number of aliphatic hydroxyl groups excluding tert-OH is 1. The van der Waals surface area contributed by atoms with Gasteiger partial charge in [0.25, 0.3) is 5.82 Å². The fourth-order valence-electron chi connectivity index (χ4n) is 1.73. The van der Waals surface area contributed by atoms with Gasteiger partial charge in [0.2, 0.25) is 5.88 Å². The molecule has 114 valence electrons. The van der Waals surface area contributed by atoms with E-state index >= 15 is 0 Å². The maximum Gasteiger partial charge on any atom is 0.453 e. The van der Waals surface area contributed by atoms with E-state index in [2.05, 4.69) is 20.5 Å². The second kappa shape index (κ2) is 5.52. The summed E-state index contributed by atoms with van der Waals surface area (Å²) in [7, 11) is 2.54. The lowest BCUT2D eigenvalue weighted by Gasteiger charge is -2.15. The van der Waals surface area contributed by atoms with Crippen molar-refractivity contribution in [3.05, 3.63) is 17.6 Å². The third-order valence-electron chi connectivity index (χ3n) is 2.58. The highest BCUT2D eigenvalue weighted by molar-refractivity contribution is 5.53. The summed E-state index contributed by atoms with van der Waals surface area (Å²) in [6.07, 6.45) is -3.70. The van der Waals surface area contributed by atoms with Crippen LogP contribution >= 0.6 is 0 Å². The first kappa shape index (κ1) is 15.0. The third-order valence-corrected chi connectivity index (χ3v) is 2.58. The molecule has 0 aromatic carbocycles. The summed E-state index contributed by atoms with van der Waals surface area (Å²) < 4.78 is 48.9. The first-order chi connectivity index (χ1) is 9.93. The summed E-state index contributed by atoms with van der Waals surface area (Å²) >= 11 is 0. The minimum Gasteiger partial charge on any atom is -0.494 e. The SMILES string of the molecule is COc1ncc(-n2nnnc2C(F)(F)F)c(OC)c1CO. The molecule has 0 amide bonds. The van der Waals surface area contributed by atoms with E-state index in [1.165, 1.54) is 14.2 Å². The lowest BCUT2D eigenvalue weighted by Crippen LogP contribution is -2.16. The number of ether oxygens (including phenoxy) is 2. The molecule has 0 saturated heterocycles. The van der Waals surface area contributed by atoms with Crippen molar-refractivity contribution in [3.63, 3.8) is 0 Å². The van der Waals surface area contributed by atoms with E-state index in [0.717, 1.165) is 6.20 Å². The number of aromatic nitrogens is 5. The number of halogens is 3. The minimum absolute atomic E-state index is 0.0275. The highest BCUT2D eigenvalue weighted by atomic mass is 19.4. The van der Waals surface area contributed by atoms with E-state index < -0.39 is 18.6 Å². The molecule has 11 heteroatoms. The average molecular weight is 305 g/mol. The van der Waals surface area contributed by atoms with Gasteiger partial charge >= 0.3 is 6.18 Å². The van der Waals surface area contributed by atoms with E-state index in [4.69, 9.17) is 9.47 Å². The van der Waals surface area contributed by atoms with Crippen LogP contribution in [0.3, 0.4) is 0 Å². The van der Waals surface area contributed by atoms with Gasteiger partial charge < -0.3 is 14.6 Å². The van der Waals surface area contributed by atoms with Gasteiger partial charge in [-0.25, -0.2) is 4.98 Å². The van der Waals surface area contributed by atoms with Crippen molar-refractivity contribution in [2.24, 2.45) is 0 Å². The van der Waals surface area contributed by atoms with Crippen molar-refractivity contribution in [2.75, 3.05) is 14.2 Å². The molecule has 0 saturated carbocycles. The standard InChI is InChI=1S/C10H10F3N5O3/c1-20-7-5(4-19)8(21-2)14-3-6(7)18-9(10(11,12)13)15-16-17-18/h3,19H,4H2,1-2H3. The molecule has 0 fully saturated rings. The molecule has 2 rings (SSSR count). The summed E-state index contributed by atoms with van der Waals surface area (Å²) in [4.78, 5) is 3.81. The molecule has 0 radical (unpaired) electrons. The number of tetrazole rings is 1. The normalized spacial score (nSPS) is 11.5. The number of aliphatic hydroxyl groups is 1. The molecule has 8 nitrogen and oxygen atoms in total. The Hall–Kier alpha value is -2.43. The molecule has 1 N–H and O–H groups in total. The highest BCUT2D eigenvalue weighted by Gasteiger charge is 2.39. The van der Waals surface area contributed by atoms with Crippen LogP contribution in [0.4, 0.5) is 13.2 Å². The molecule has 0 unspecified atom stereocenters. The van der Waals surface area contributed by atoms with Crippen LogP contribution in [0.25, 0.3) is 5.69 Å². The molecule has 2 aromatic heterocycles. The van der Waals surface area contributed by atoms with E-state index in [1.54, 1.807) is 0 Å². The summed E-state index contributed by atoms with van der Waals surface area (Å²) in [6.45, 7) is -0.545. The Balaban J connectivity index is 2.68. The fourth-order valence-corrected chi connectivity index (χ4v) is 1.73. The molecular weight excluding hydrogens is 295 g/mol. The van der Waals surface area contributed by atoms with Crippen LogP contribution in [-0.4, -0.2) is 44.5 Å². The molecule has 0 atom stereocenters. The van der Waals surface area contributed by atoms with Crippen LogP contribution in [0.15, 0.2) is 6.20 Å². The second-order valence-corrected chi connectivity index (χ2v) is 3.73. The second-order valence-electron chi connectivity index (χ2n) is 3.73. The zero-order chi connectivity index (χ0) is 15.6. The Morgan fingerprint density at radius 1 is 1.29 bits per heavy atom. The van der Waals surface area contributed by atoms with Crippen molar-refractivity contribution < 1.29 is 27.8 Å². The number of hydrogen-bond donors (Lipinski definition) is 1. The van der Waals surface area contributed by atoms with E-state index in [1.807, 2.05) is 0 Å². The van der Waals surface area contributed by atoms with Crippen LogP contribution in [0.1, 0.15) is 11.4 Å². The van der Waals surface area contributed by atoms with Gasteiger partial charge in [0.05, 0.1) is 32.6 Å². The Bertz CT molecular complexity index is 643. The average Bonchev–Trinajstić information content (AvgIpc) is 2.94. The Morgan fingerprint density at radius 2 is 2.00 bits per heavy atom. The quantitative estimate of drug-likeness (QED) is 0.883. The number of methoxy groups -OCH3 is 2. The zero-order valence-electron chi connectivity index (χ0n) is 10.9. The summed E-state index contributed by atoms with van der Waals surface area (Å²) in [5, 5.41) is 18.6. The van der Waals surface area contributed by atoms with Gasteiger partial charge in [-0.15, -0.1) is 5.10 Å². The topological polar surface area (TPSA) is 95.2 Å². The number of alkyl halides is 3. The van der Waals surface area contributed by atoms with Crippen molar-refractivity contribution >= 4 is 0 Å². The molecule has 2 heterocycles. The van der Waals surface area contributed by atoms with Crippen molar-refractivity contribution in [3.8, 4) is 17.3 Å². The maximum atomic E-state index is 12.8. The highest BCUT2D eigenvalue weighted by Crippen LogP contribution is 2.35. The number of nitrogens with zero attached hydrogens (tertiary/aromatic N) is 5. The first-order valence-corrected chi connectivity index (χ1v) is 5.50. The van der Waals surface area contributed by atoms with E-state index in [0.29, 0.717) is 4.68 Å². The van der Waals surface area contributed by atoms with Gasteiger partial charge in [0, 0.05) is 0 Å². The van der Waals surface area contributed by atoms with E-state index in [-0.39, 0.29) is 22.9 Å². The zero-order valence-corrected chi connectivity index (χ0v) is 10.9. The molecule has 2 aromatic rings. The monoisotopic (exact) mass is 305 g/mol. The molecule has 0 spiro atoms. The molecule has 0 aliphatic heterocycles. The molecule has 0 bridgehead atoms. The van der Waals surface area contributed by atoms with Gasteiger partial charge in [-0.1, -0.05) is 0 Å². The minimum atomic E-state index is -4.76. The maximum absolute atomic E-state index is 12.8. The largest absolute Gasteiger partial charge is 0.494 e. The summed E-state index contributed by atoms with van der Waals surface area (Å²) in [6, 6.07) is 0. The Morgan fingerprint density at radius 3 is 2.52 bits per heavy atom. The lowest BCUT2D eigenvalue weighted by molar-refractivity contribution is -0.146. The molecule has 21 heavy (non-hydrogen) atoms. The van der Waals surface area contributed by atoms with Crippen LogP contribution in [-0.2, 0) is 12.8 Å². The fraction of sp³-hybridized carbons (Fsp3) is 0.400. The van der Waals surface area contributed by atoms with Crippen molar-refractivity contribution in [2.45, 2.75) is 12.8 Å². The van der Waals surface area contributed by atoms with Crippen LogP contribution in [0, 0.1) is 0 Å². The Labute approximate surface area is 116 Å². The van der Waals surface area contributed by atoms with Gasteiger partial charge in [-0.3, -0.25) is 0 Å². The number of rotatable bonds is 4. The molecule has 0 aliphatic rings. The van der Waals surface area contributed by atoms with Crippen LogP contribution < -0.4 is 9.47 Å². The van der Waals surface area contributed by atoms with Crippen LogP contribution in [0.5, 0.6) is 11.6 Å². The van der Waals surface area contributed by atoms with Crippen molar-refractivity contribution in [1.82, 2.24) is 25.2 Å². The smallest absolute Gasteiger partial charge is 0.453 e. The van der Waals surface area contributed by atoms with E-state index in [9.17, 15) is 18.3 Å². The third kappa shape index (κ3) is 2.59. The van der Waals surface area contributed by atoms with Gasteiger partial charge in [-0.05, 0) is 10.4 Å². The predicted molar refractivity (Wildman–Crippen MR) is 61.0 cm³/mol. The van der Waals surface area contributed by atoms with Gasteiger partial charge in [0.15, 0.2) is 5.75 Å². The van der Waals surface area contributed by atoms with Crippen LogP contribution in [0.2, 0.25) is 0 Å². The number of hydrogen-bond acceptors (Lipinski definition) is 7. The lowest BCUT2D eigenvalue weighted by atomic mass is 10.2. The first-order valence-electron chi connectivity index (χ1n) is 5.50. The summed E-state index contributed by atoms with van der Waals surface area (Å²) in [5.74, 6) is -1.38.